The first-order chi connectivity index (χ1) is 12.6. The van der Waals surface area contributed by atoms with Gasteiger partial charge in [0.15, 0.2) is 0 Å². The highest BCUT2D eigenvalue weighted by atomic mass is 16.5. The number of nitrogens with zero attached hydrogens (tertiary/aromatic N) is 2. The van der Waals surface area contributed by atoms with E-state index in [9.17, 15) is 4.79 Å². The van der Waals surface area contributed by atoms with Gasteiger partial charge in [-0.2, -0.15) is 0 Å². The second-order valence-electron chi connectivity index (χ2n) is 7.56. The Labute approximate surface area is 156 Å². The van der Waals surface area contributed by atoms with Crippen molar-refractivity contribution in [2.75, 3.05) is 39.8 Å². The van der Waals surface area contributed by atoms with Crippen molar-refractivity contribution in [2.24, 2.45) is 5.92 Å². The maximum Gasteiger partial charge on any atom is 0.317 e. The fourth-order valence-electron chi connectivity index (χ4n) is 3.71. The lowest BCUT2D eigenvalue weighted by Crippen LogP contribution is -2.60. The number of nitrogens with one attached hydrogen (secondary N) is 1. The summed E-state index contributed by atoms with van der Waals surface area (Å²) in [5.74, 6) is 2.09. The van der Waals surface area contributed by atoms with Gasteiger partial charge in [0, 0.05) is 18.7 Å². The first-order valence-corrected chi connectivity index (χ1v) is 9.64. The number of methoxy groups -OCH3 is 1. The number of hydrogen-bond donors (Lipinski definition) is 1. The molecule has 0 radical (unpaired) electrons. The summed E-state index contributed by atoms with van der Waals surface area (Å²) in [4.78, 5) is 16.7. The number of urea groups is 1. The quantitative estimate of drug-likeness (QED) is 0.811. The van der Waals surface area contributed by atoms with Gasteiger partial charge in [-0.15, -0.1) is 0 Å². The standard InChI is InChI=1S/C20H31N3O3/c1-15(2)19(22-9-4-5-10-22)12-21-20(24)23-13-18(14-23)26-17-8-6-7-16(11-17)25-3/h6-8,11,15,18-19H,4-5,9-10,12-14H2,1-3H3,(H,21,24). The molecule has 0 spiro atoms. The zero-order valence-corrected chi connectivity index (χ0v) is 16.1. The first kappa shape index (κ1) is 18.8. The summed E-state index contributed by atoms with van der Waals surface area (Å²) in [5, 5.41) is 3.12. The normalized spacial score (nSPS) is 19.3. The molecule has 2 amide bonds. The predicted molar refractivity (Wildman–Crippen MR) is 102 cm³/mol. The summed E-state index contributed by atoms with van der Waals surface area (Å²) < 4.78 is 11.1. The van der Waals surface area contributed by atoms with Gasteiger partial charge in [-0.1, -0.05) is 19.9 Å². The lowest BCUT2D eigenvalue weighted by atomic mass is 10.0. The topological polar surface area (TPSA) is 54.0 Å². The summed E-state index contributed by atoms with van der Waals surface area (Å²) in [6.07, 6.45) is 2.59. The van der Waals surface area contributed by atoms with E-state index >= 15 is 0 Å². The Morgan fingerprint density at radius 3 is 2.58 bits per heavy atom. The van der Waals surface area contributed by atoms with E-state index in [1.807, 2.05) is 29.2 Å². The van der Waals surface area contributed by atoms with Crippen molar-refractivity contribution in [1.82, 2.24) is 15.1 Å². The molecule has 0 aromatic heterocycles. The Kier molecular flexibility index (Phi) is 6.25. The van der Waals surface area contributed by atoms with Crippen LogP contribution in [0.15, 0.2) is 24.3 Å². The molecule has 2 fully saturated rings. The van der Waals surface area contributed by atoms with Gasteiger partial charge >= 0.3 is 6.03 Å². The highest BCUT2D eigenvalue weighted by Gasteiger charge is 2.33. The lowest BCUT2D eigenvalue weighted by molar-refractivity contribution is 0.0433. The van der Waals surface area contributed by atoms with Gasteiger partial charge < -0.3 is 19.7 Å². The van der Waals surface area contributed by atoms with Crippen molar-refractivity contribution in [1.29, 1.82) is 0 Å². The van der Waals surface area contributed by atoms with Crippen LogP contribution in [0.2, 0.25) is 0 Å². The molecule has 3 rings (SSSR count). The van der Waals surface area contributed by atoms with Gasteiger partial charge in [-0.3, -0.25) is 4.90 Å². The van der Waals surface area contributed by atoms with Crippen LogP contribution in [0.3, 0.4) is 0 Å². The van der Waals surface area contributed by atoms with E-state index in [4.69, 9.17) is 9.47 Å². The zero-order valence-electron chi connectivity index (χ0n) is 16.1. The van der Waals surface area contributed by atoms with E-state index in [2.05, 4.69) is 24.1 Å². The first-order valence-electron chi connectivity index (χ1n) is 9.64. The van der Waals surface area contributed by atoms with Gasteiger partial charge in [0.05, 0.1) is 20.2 Å². The summed E-state index contributed by atoms with van der Waals surface area (Å²) in [6.45, 7) is 8.73. The number of rotatable bonds is 7. The number of carbonyl (C=O) groups is 1. The van der Waals surface area contributed by atoms with E-state index in [0.717, 1.165) is 24.6 Å². The lowest BCUT2D eigenvalue weighted by Gasteiger charge is -2.39. The number of likely N-dealkylation sites (tertiary alicyclic amines) is 2. The van der Waals surface area contributed by atoms with Crippen LogP contribution in [0.5, 0.6) is 11.5 Å². The molecule has 6 nitrogen and oxygen atoms in total. The molecular formula is C20H31N3O3. The highest BCUT2D eigenvalue weighted by molar-refractivity contribution is 5.75. The third kappa shape index (κ3) is 4.61. The van der Waals surface area contributed by atoms with Crippen LogP contribution in [0.25, 0.3) is 0 Å². The minimum absolute atomic E-state index is 0.0142. The molecule has 1 aromatic carbocycles. The molecule has 1 aromatic rings. The van der Waals surface area contributed by atoms with Crippen molar-refractivity contribution in [3.63, 3.8) is 0 Å². The molecule has 1 unspecified atom stereocenters. The number of carbonyl (C=O) groups excluding carboxylic acids is 1. The Morgan fingerprint density at radius 2 is 1.92 bits per heavy atom. The van der Waals surface area contributed by atoms with Gasteiger partial charge in [-0.05, 0) is 44.0 Å². The van der Waals surface area contributed by atoms with Crippen molar-refractivity contribution in [2.45, 2.75) is 38.8 Å². The number of benzene rings is 1. The number of amides is 2. The number of ether oxygens (including phenoxy) is 2. The highest BCUT2D eigenvalue weighted by Crippen LogP contribution is 2.23. The second-order valence-corrected chi connectivity index (χ2v) is 7.56. The van der Waals surface area contributed by atoms with Crippen LogP contribution < -0.4 is 14.8 Å². The van der Waals surface area contributed by atoms with Crippen LogP contribution >= 0.6 is 0 Å². The molecule has 0 bridgehead atoms. The van der Waals surface area contributed by atoms with Gasteiger partial charge in [-0.25, -0.2) is 4.79 Å². The monoisotopic (exact) mass is 361 g/mol. The van der Waals surface area contributed by atoms with Crippen LogP contribution in [0.1, 0.15) is 26.7 Å². The Balaban J connectivity index is 1.41. The second kappa shape index (κ2) is 8.62. The smallest absolute Gasteiger partial charge is 0.317 e. The molecule has 2 saturated heterocycles. The third-order valence-corrected chi connectivity index (χ3v) is 5.32. The molecule has 1 N–H and O–H groups in total. The van der Waals surface area contributed by atoms with Crippen LogP contribution in [-0.4, -0.2) is 67.8 Å². The van der Waals surface area contributed by atoms with Crippen molar-refractivity contribution < 1.29 is 14.3 Å². The Morgan fingerprint density at radius 1 is 1.23 bits per heavy atom. The third-order valence-electron chi connectivity index (χ3n) is 5.32. The van der Waals surface area contributed by atoms with Gasteiger partial charge in [0.2, 0.25) is 0 Å². The summed E-state index contributed by atoms with van der Waals surface area (Å²) >= 11 is 0. The molecule has 144 valence electrons. The zero-order chi connectivity index (χ0) is 18.5. The van der Waals surface area contributed by atoms with E-state index in [1.54, 1.807) is 7.11 Å². The molecule has 0 aliphatic carbocycles. The summed E-state index contributed by atoms with van der Waals surface area (Å²) in [6, 6.07) is 8.01. The minimum atomic E-state index is 0.0142. The van der Waals surface area contributed by atoms with E-state index in [1.165, 1.54) is 12.8 Å². The van der Waals surface area contributed by atoms with E-state index in [-0.39, 0.29) is 12.1 Å². The van der Waals surface area contributed by atoms with Crippen LogP contribution in [-0.2, 0) is 0 Å². The fourth-order valence-corrected chi connectivity index (χ4v) is 3.71. The average Bonchev–Trinajstić information content (AvgIpc) is 3.12. The van der Waals surface area contributed by atoms with Crippen molar-refractivity contribution >= 4 is 6.03 Å². The molecule has 26 heavy (non-hydrogen) atoms. The van der Waals surface area contributed by atoms with E-state index < -0.39 is 0 Å². The van der Waals surface area contributed by atoms with Gasteiger partial charge in [0.25, 0.3) is 0 Å². The van der Waals surface area contributed by atoms with E-state index in [0.29, 0.717) is 31.6 Å². The molecular weight excluding hydrogens is 330 g/mol. The molecule has 6 heteroatoms. The maximum absolute atomic E-state index is 12.4. The number of hydrogen-bond acceptors (Lipinski definition) is 4. The van der Waals surface area contributed by atoms with Crippen molar-refractivity contribution in [3.05, 3.63) is 24.3 Å². The summed E-state index contributed by atoms with van der Waals surface area (Å²) in [5.41, 5.74) is 0. The van der Waals surface area contributed by atoms with Crippen LogP contribution in [0, 0.1) is 5.92 Å². The van der Waals surface area contributed by atoms with Crippen molar-refractivity contribution in [3.8, 4) is 11.5 Å². The largest absolute Gasteiger partial charge is 0.497 e. The fraction of sp³-hybridized carbons (Fsp3) is 0.650. The predicted octanol–water partition coefficient (Wildman–Crippen LogP) is 2.59. The molecule has 1 atom stereocenters. The molecule has 0 saturated carbocycles. The summed E-state index contributed by atoms with van der Waals surface area (Å²) in [7, 11) is 1.64. The van der Waals surface area contributed by atoms with Crippen LogP contribution in [0.4, 0.5) is 4.79 Å². The Hall–Kier alpha value is -1.95. The van der Waals surface area contributed by atoms with Gasteiger partial charge in [0.1, 0.15) is 17.6 Å². The maximum atomic E-state index is 12.4. The Bertz CT molecular complexity index is 596. The average molecular weight is 361 g/mol. The minimum Gasteiger partial charge on any atom is -0.497 e. The molecule has 2 aliphatic rings. The SMILES string of the molecule is COc1cccc(OC2CN(C(=O)NCC(C(C)C)N3CCCC3)C2)c1. The molecule has 2 heterocycles. The molecule has 2 aliphatic heterocycles.